The average molecular weight is 316 g/mol. The molecular formula is C14H15ClFNO2S. The molecule has 0 saturated carbocycles. The van der Waals surface area contributed by atoms with Gasteiger partial charge in [-0.15, -0.1) is 11.3 Å². The number of nitrogens with one attached hydrogen (secondary N) is 1. The Morgan fingerprint density at radius 1 is 1.35 bits per heavy atom. The van der Waals surface area contributed by atoms with Gasteiger partial charge in [0.05, 0.1) is 30.0 Å². The molecule has 0 aliphatic heterocycles. The van der Waals surface area contributed by atoms with Gasteiger partial charge >= 0.3 is 0 Å². The van der Waals surface area contributed by atoms with E-state index in [4.69, 9.17) is 16.3 Å². The number of hydrogen-bond donors (Lipinski definition) is 2. The van der Waals surface area contributed by atoms with Crippen LogP contribution in [0.1, 0.15) is 4.88 Å². The predicted octanol–water partition coefficient (Wildman–Crippen LogP) is 3.53. The quantitative estimate of drug-likeness (QED) is 0.821. The topological polar surface area (TPSA) is 41.5 Å². The van der Waals surface area contributed by atoms with Crippen molar-refractivity contribution in [2.24, 2.45) is 0 Å². The van der Waals surface area contributed by atoms with Crippen LogP contribution in [-0.4, -0.2) is 24.4 Å². The lowest BCUT2D eigenvalue weighted by Crippen LogP contribution is -2.25. The molecule has 1 heterocycles. The Hall–Kier alpha value is -1.14. The van der Waals surface area contributed by atoms with E-state index in [-0.39, 0.29) is 23.9 Å². The molecular weight excluding hydrogens is 301 g/mol. The van der Waals surface area contributed by atoms with E-state index < -0.39 is 11.9 Å². The monoisotopic (exact) mass is 315 g/mol. The van der Waals surface area contributed by atoms with Gasteiger partial charge in [0.1, 0.15) is 5.82 Å². The van der Waals surface area contributed by atoms with E-state index >= 15 is 0 Å². The molecule has 0 bridgehead atoms. The molecule has 0 aliphatic carbocycles. The molecule has 2 N–H and O–H groups in total. The van der Waals surface area contributed by atoms with Gasteiger partial charge in [-0.1, -0.05) is 23.7 Å². The molecule has 1 atom stereocenters. The van der Waals surface area contributed by atoms with Gasteiger partial charge < -0.3 is 15.2 Å². The second-order valence-electron chi connectivity index (χ2n) is 4.23. The summed E-state index contributed by atoms with van der Waals surface area (Å²) in [6.07, 6.45) is -0.731. The number of hydrogen-bond acceptors (Lipinski definition) is 4. The average Bonchev–Trinajstić information content (AvgIpc) is 2.91. The summed E-state index contributed by atoms with van der Waals surface area (Å²) in [7, 11) is 0. The second-order valence-corrected chi connectivity index (χ2v) is 5.67. The smallest absolute Gasteiger partial charge is 0.147 e. The fourth-order valence-electron chi connectivity index (χ4n) is 1.64. The van der Waals surface area contributed by atoms with Crippen LogP contribution < -0.4 is 5.32 Å². The van der Waals surface area contributed by atoms with Crippen molar-refractivity contribution < 1.29 is 14.2 Å². The Kier molecular flexibility index (Phi) is 5.79. The third-order valence-corrected chi connectivity index (χ3v) is 3.78. The fourth-order valence-corrected chi connectivity index (χ4v) is 2.51. The maximum atomic E-state index is 13.5. The van der Waals surface area contributed by atoms with Crippen LogP contribution in [0.4, 0.5) is 10.1 Å². The van der Waals surface area contributed by atoms with Crippen LogP contribution in [0.15, 0.2) is 35.7 Å². The van der Waals surface area contributed by atoms with E-state index in [1.165, 1.54) is 12.1 Å². The van der Waals surface area contributed by atoms with Gasteiger partial charge in [0.25, 0.3) is 0 Å². The normalized spacial score (nSPS) is 12.3. The number of thiophene rings is 1. The summed E-state index contributed by atoms with van der Waals surface area (Å²) in [5.41, 5.74) is 0.200. The number of halogens is 2. The van der Waals surface area contributed by atoms with Crippen molar-refractivity contribution in [2.45, 2.75) is 12.7 Å². The van der Waals surface area contributed by atoms with Crippen LogP contribution in [0.25, 0.3) is 0 Å². The van der Waals surface area contributed by atoms with Crippen LogP contribution in [0.5, 0.6) is 0 Å². The highest BCUT2D eigenvalue weighted by atomic mass is 35.5. The SMILES string of the molecule is OC(CNc1c(F)cccc1Cl)COCc1cccs1. The van der Waals surface area contributed by atoms with Crippen molar-refractivity contribution in [1.29, 1.82) is 0 Å². The lowest BCUT2D eigenvalue weighted by Gasteiger charge is -2.14. The molecule has 0 saturated heterocycles. The van der Waals surface area contributed by atoms with E-state index in [1.54, 1.807) is 17.4 Å². The fraction of sp³-hybridized carbons (Fsp3) is 0.286. The third kappa shape index (κ3) is 4.45. The molecule has 0 aliphatic rings. The molecule has 20 heavy (non-hydrogen) atoms. The Labute approximate surface area is 126 Å². The van der Waals surface area contributed by atoms with Gasteiger partial charge in [0, 0.05) is 11.4 Å². The standard InChI is InChI=1S/C14H15ClFNO2S/c15-12-4-1-5-13(16)14(12)17-7-10(18)8-19-9-11-3-2-6-20-11/h1-6,10,17-18H,7-9H2. The van der Waals surface area contributed by atoms with Gasteiger partial charge in [0.15, 0.2) is 0 Å². The summed E-state index contributed by atoms with van der Waals surface area (Å²) in [4.78, 5) is 1.10. The summed E-state index contributed by atoms with van der Waals surface area (Å²) < 4.78 is 18.9. The lowest BCUT2D eigenvalue weighted by molar-refractivity contribution is 0.0358. The number of anilines is 1. The summed E-state index contributed by atoms with van der Waals surface area (Å²) in [6, 6.07) is 8.35. The van der Waals surface area contributed by atoms with Crippen molar-refractivity contribution in [2.75, 3.05) is 18.5 Å². The Balaban J connectivity index is 1.73. The Bertz CT molecular complexity index is 516. The van der Waals surface area contributed by atoms with Gasteiger partial charge in [-0.2, -0.15) is 0 Å². The minimum absolute atomic E-state index is 0.172. The van der Waals surface area contributed by atoms with Gasteiger partial charge in [-0.25, -0.2) is 4.39 Å². The van der Waals surface area contributed by atoms with Crippen LogP contribution in [0.2, 0.25) is 5.02 Å². The van der Waals surface area contributed by atoms with Crippen molar-refractivity contribution in [3.8, 4) is 0 Å². The first-order valence-corrected chi connectivity index (χ1v) is 7.38. The molecule has 0 radical (unpaired) electrons. The van der Waals surface area contributed by atoms with Crippen molar-refractivity contribution >= 4 is 28.6 Å². The molecule has 1 aromatic heterocycles. The van der Waals surface area contributed by atoms with E-state index in [1.807, 2.05) is 17.5 Å². The van der Waals surface area contributed by atoms with Crippen LogP contribution in [-0.2, 0) is 11.3 Å². The highest BCUT2D eigenvalue weighted by Crippen LogP contribution is 2.24. The molecule has 2 rings (SSSR count). The van der Waals surface area contributed by atoms with E-state index in [2.05, 4.69) is 5.32 Å². The Morgan fingerprint density at radius 3 is 2.90 bits per heavy atom. The van der Waals surface area contributed by atoms with Crippen molar-refractivity contribution in [1.82, 2.24) is 0 Å². The van der Waals surface area contributed by atoms with Gasteiger partial charge in [0.2, 0.25) is 0 Å². The van der Waals surface area contributed by atoms with Crippen LogP contribution >= 0.6 is 22.9 Å². The summed E-state index contributed by atoms with van der Waals surface area (Å²) in [5, 5.41) is 14.8. The number of aliphatic hydroxyl groups is 1. The molecule has 0 spiro atoms. The Morgan fingerprint density at radius 2 is 2.20 bits per heavy atom. The summed E-state index contributed by atoms with van der Waals surface area (Å²) in [6.45, 7) is 0.817. The molecule has 1 unspecified atom stereocenters. The van der Waals surface area contributed by atoms with Gasteiger partial charge in [-0.3, -0.25) is 0 Å². The first-order valence-electron chi connectivity index (χ1n) is 6.13. The number of para-hydroxylation sites is 1. The largest absolute Gasteiger partial charge is 0.389 e. The minimum Gasteiger partial charge on any atom is -0.389 e. The molecule has 2 aromatic rings. The zero-order valence-corrected chi connectivity index (χ0v) is 12.3. The van der Waals surface area contributed by atoms with E-state index in [9.17, 15) is 9.50 Å². The van der Waals surface area contributed by atoms with Crippen LogP contribution in [0, 0.1) is 5.82 Å². The number of benzene rings is 1. The van der Waals surface area contributed by atoms with Crippen molar-refractivity contribution in [3.05, 3.63) is 51.4 Å². The van der Waals surface area contributed by atoms with Gasteiger partial charge in [-0.05, 0) is 23.6 Å². The zero-order chi connectivity index (χ0) is 14.4. The maximum Gasteiger partial charge on any atom is 0.147 e. The molecule has 3 nitrogen and oxygen atoms in total. The maximum absolute atomic E-state index is 13.5. The molecule has 108 valence electrons. The number of aliphatic hydroxyl groups excluding tert-OH is 1. The second kappa shape index (κ2) is 7.59. The lowest BCUT2D eigenvalue weighted by atomic mass is 10.3. The molecule has 1 aromatic carbocycles. The highest BCUT2D eigenvalue weighted by Gasteiger charge is 2.09. The molecule has 0 amide bonds. The molecule has 0 fully saturated rings. The predicted molar refractivity (Wildman–Crippen MR) is 79.9 cm³/mol. The summed E-state index contributed by atoms with van der Waals surface area (Å²) in [5.74, 6) is -0.441. The van der Waals surface area contributed by atoms with Crippen molar-refractivity contribution in [3.63, 3.8) is 0 Å². The first kappa shape index (κ1) is 15.3. The zero-order valence-electron chi connectivity index (χ0n) is 10.7. The highest BCUT2D eigenvalue weighted by molar-refractivity contribution is 7.09. The van der Waals surface area contributed by atoms with E-state index in [0.717, 1.165) is 4.88 Å². The minimum atomic E-state index is -0.731. The van der Waals surface area contributed by atoms with E-state index in [0.29, 0.717) is 6.61 Å². The summed E-state index contributed by atoms with van der Waals surface area (Å²) >= 11 is 7.47. The first-order chi connectivity index (χ1) is 9.66. The van der Waals surface area contributed by atoms with Crippen LogP contribution in [0.3, 0.4) is 0 Å². The molecule has 6 heteroatoms. The number of ether oxygens (including phenoxy) is 1. The third-order valence-electron chi connectivity index (χ3n) is 2.61. The number of rotatable bonds is 7.